The van der Waals surface area contributed by atoms with Gasteiger partial charge >= 0.3 is 99.2 Å². The van der Waals surface area contributed by atoms with Gasteiger partial charge in [0, 0.05) is 0 Å². The van der Waals surface area contributed by atoms with Crippen molar-refractivity contribution in [2.24, 2.45) is 0 Å². The second-order valence-electron chi connectivity index (χ2n) is 10.0. The van der Waals surface area contributed by atoms with E-state index in [1.807, 2.05) is 0 Å². The average Bonchev–Trinajstić information content (AvgIpc) is 3.64. The number of hydrogen-bond donors (Lipinski definition) is 0. The zero-order chi connectivity index (χ0) is 26.3. The Balaban J connectivity index is 0.000000238. The monoisotopic (exact) mass is 639 g/mol. The molecule has 0 aromatic heterocycles. The molecule has 0 N–H and O–H groups in total. The van der Waals surface area contributed by atoms with Crippen molar-refractivity contribution in [2.75, 3.05) is 0 Å². The molecule has 0 amide bonds. The fourth-order valence-corrected chi connectivity index (χ4v) is 6.40. The van der Waals surface area contributed by atoms with Gasteiger partial charge in [-0.3, -0.25) is 0 Å². The zero-order valence-electron chi connectivity index (χ0n) is 23.3. The van der Waals surface area contributed by atoms with Crippen molar-refractivity contribution >= 4 is 30.3 Å². The number of fused-ring (bicyclic) bond motifs is 3. The van der Waals surface area contributed by atoms with Crippen molar-refractivity contribution in [3.8, 4) is 0 Å². The van der Waals surface area contributed by atoms with Crippen LogP contribution in [0.1, 0.15) is 60.9 Å². The molecule has 0 unspecified atom stereocenters. The molecule has 1 aliphatic rings. The fourth-order valence-electron chi connectivity index (χ4n) is 5.58. The summed E-state index contributed by atoms with van der Waals surface area (Å²) in [6.07, 6.45) is 12.6. The molecule has 202 valence electrons. The molecular formula is C37H35Cl2Zr-. The molecule has 5 aromatic carbocycles. The first kappa shape index (κ1) is 32.1. The van der Waals surface area contributed by atoms with Gasteiger partial charge in [-0.1, -0.05) is 91.4 Å². The van der Waals surface area contributed by atoms with Crippen molar-refractivity contribution in [3.63, 3.8) is 0 Å². The Hall–Kier alpha value is -2.44. The maximum atomic E-state index is 2.49. The molecule has 0 heterocycles. The number of hydrogen-bond acceptors (Lipinski definition) is 0. The third-order valence-corrected chi connectivity index (χ3v) is 8.78. The third kappa shape index (κ3) is 7.06. The van der Waals surface area contributed by atoms with E-state index in [4.69, 9.17) is 0 Å². The Morgan fingerprint density at radius 2 is 1.38 bits per heavy atom. The molecule has 0 nitrogen and oxygen atoms in total. The van der Waals surface area contributed by atoms with Gasteiger partial charge in [0.05, 0.1) is 0 Å². The van der Waals surface area contributed by atoms with Crippen LogP contribution in [-0.2, 0) is 37.1 Å². The van der Waals surface area contributed by atoms with E-state index in [-0.39, 0.29) is 24.8 Å². The molecule has 0 atom stereocenters. The Labute approximate surface area is 266 Å². The maximum absolute atomic E-state index is 2.49. The molecule has 1 aliphatic carbocycles. The van der Waals surface area contributed by atoms with Crippen molar-refractivity contribution < 1.29 is 49.0 Å². The van der Waals surface area contributed by atoms with Crippen LogP contribution in [0, 0.1) is 0 Å². The Morgan fingerprint density at radius 1 is 0.775 bits per heavy atom. The van der Waals surface area contributed by atoms with E-state index in [1.165, 1.54) is 96.9 Å². The second-order valence-corrected chi connectivity index (χ2v) is 11.2. The first-order valence-corrected chi connectivity index (χ1v) is 15.1. The summed E-state index contributed by atoms with van der Waals surface area (Å²) in [5.74, 6) is 0. The van der Waals surface area contributed by atoms with Crippen molar-refractivity contribution in [2.45, 2.75) is 46.0 Å². The van der Waals surface area contributed by atoms with Crippen LogP contribution >= 0.6 is 0 Å². The van der Waals surface area contributed by atoms with Crippen LogP contribution < -0.4 is 24.8 Å². The van der Waals surface area contributed by atoms with Gasteiger partial charge in [-0.25, -0.2) is 0 Å². The molecule has 0 fully saturated rings. The normalized spacial score (nSPS) is 11.8. The Morgan fingerprint density at radius 3 is 1.95 bits per heavy atom. The molecule has 0 bridgehead atoms. The first-order valence-electron chi connectivity index (χ1n) is 13.9. The number of aryl methyl sites for hydroxylation is 2. The summed E-state index contributed by atoms with van der Waals surface area (Å²) in [6.45, 7) is 4.59. The summed E-state index contributed by atoms with van der Waals surface area (Å²) in [6, 6.07) is 34.9. The van der Waals surface area contributed by atoms with Crippen LogP contribution in [0.2, 0.25) is 0 Å². The van der Waals surface area contributed by atoms with Crippen molar-refractivity contribution in [1.29, 1.82) is 0 Å². The molecule has 5 aromatic rings. The van der Waals surface area contributed by atoms with Gasteiger partial charge in [0.15, 0.2) is 0 Å². The molecule has 0 saturated heterocycles. The van der Waals surface area contributed by atoms with Gasteiger partial charge in [-0.2, -0.15) is 0 Å². The minimum absolute atomic E-state index is 0. The van der Waals surface area contributed by atoms with Gasteiger partial charge in [0.1, 0.15) is 0 Å². The number of benzene rings is 4. The van der Waals surface area contributed by atoms with Crippen LogP contribution in [0.25, 0.3) is 27.1 Å². The third-order valence-electron chi connectivity index (χ3n) is 7.36. The molecular weight excluding hydrogens is 607 g/mol. The van der Waals surface area contributed by atoms with Crippen LogP contribution in [0.3, 0.4) is 0 Å². The van der Waals surface area contributed by atoms with Gasteiger partial charge in [0.25, 0.3) is 0 Å². The van der Waals surface area contributed by atoms with E-state index in [0.717, 1.165) is 6.42 Å². The van der Waals surface area contributed by atoms with Crippen molar-refractivity contribution in [1.82, 2.24) is 0 Å². The molecule has 0 saturated carbocycles. The van der Waals surface area contributed by atoms with Gasteiger partial charge in [-0.05, 0) is 19.3 Å². The van der Waals surface area contributed by atoms with Gasteiger partial charge in [-0.15, -0.1) is 33.7 Å². The average molecular weight is 642 g/mol. The number of halogens is 2. The van der Waals surface area contributed by atoms with E-state index >= 15 is 0 Å². The van der Waals surface area contributed by atoms with Crippen molar-refractivity contribution in [3.05, 3.63) is 143 Å². The van der Waals surface area contributed by atoms with Crippen LogP contribution in [0.5, 0.6) is 0 Å². The van der Waals surface area contributed by atoms with E-state index in [9.17, 15) is 0 Å². The van der Waals surface area contributed by atoms with E-state index < -0.39 is 0 Å². The first-order chi connectivity index (χ1) is 18.7. The predicted molar refractivity (Wildman–Crippen MR) is 163 cm³/mol. The summed E-state index contributed by atoms with van der Waals surface area (Å²) in [5, 5.41) is 5.78. The topological polar surface area (TPSA) is 0 Å². The summed E-state index contributed by atoms with van der Waals surface area (Å²) < 4.78 is 1.42. The molecule has 40 heavy (non-hydrogen) atoms. The summed E-state index contributed by atoms with van der Waals surface area (Å²) in [5.41, 5.74) is 8.73. The van der Waals surface area contributed by atoms with Gasteiger partial charge in [0.2, 0.25) is 0 Å². The summed E-state index contributed by atoms with van der Waals surface area (Å²) in [7, 11) is 0. The van der Waals surface area contributed by atoms with E-state index in [1.54, 1.807) is 11.1 Å². The van der Waals surface area contributed by atoms with E-state index in [2.05, 4.69) is 129 Å². The zero-order valence-corrected chi connectivity index (χ0v) is 27.2. The number of rotatable bonds is 7. The Bertz CT molecular complexity index is 1570. The molecule has 6 rings (SSSR count). The molecule has 0 radical (unpaired) electrons. The standard InChI is InChI=1S/C24H25.C13H10.2ClH.Zr/c1-3-9-18-15-22(17-11-5-6-12-17)23-16-19-13-7-8-14-21(19)24(23)20(18)10-4-2;1-3-7-12(8-4-1)11-13-9-5-2-6-10-13;;;/h5-8,11,13-16H,3-4,9-10,12H2,1-2H3;1-10H;2*1H;/q-1;;;;+2/p-2. The molecule has 0 spiro atoms. The molecule has 3 heteroatoms. The molecule has 0 aliphatic heterocycles. The quantitative estimate of drug-likeness (QED) is 0.238. The second kappa shape index (κ2) is 15.5. The van der Waals surface area contributed by atoms with Crippen LogP contribution in [0.4, 0.5) is 0 Å². The SMILES string of the molecule is CCCc1cc(C2=CC=CC2)c2[cH-]c3ccccc3c2c1CCC.[Cl-].[Cl-].[Zr+2]=[C](c1ccccc1)c1ccccc1. The van der Waals surface area contributed by atoms with Gasteiger partial charge < -0.3 is 24.8 Å². The summed E-state index contributed by atoms with van der Waals surface area (Å²) >= 11 is 1.46. The predicted octanol–water partition coefficient (Wildman–Crippen LogP) is 3.77. The number of allylic oxidation sites excluding steroid dienone is 4. The fraction of sp³-hybridized carbons (Fsp3) is 0.189. The Kier molecular flexibility index (Phi) is 12.5. The van der Waals surface area contributed by atoms with Crippen LogP contribution in [-0.4, -0.2) is 3.21 Å². The minimum atomic E-state index is 0. The van der Waals surface area contributed by atoms with E-state index in [0.29, 0.717) is 0 Å². The summed E-state index contributed by atoms with van der Waals surface area (Å²) in [4.78, 5) is 0. The van der Waals surface area contributed by atoms with Crippen LogP contribution in [0.15, 0.2) is 115 Å².